The predicted molar refractivity (Wildman–Crippen MR) is 89.4 cm³/mol. The normalized spacial score (nSPS) is 11.7. The van der Waals surface area contributed by atoms with Gasteiger partial charge in [0.1, 0.15) is 11.3 Å². The van der Waals surface area contributed by atoms with Gasteiger partial charge in [-0.2, -0.15) is 5.10 Å². The third kappa shape index (κ3) is 3.24. The second kappa shape index (κ2) is 6.24. The molecule has 4 aromatic rings. The average Bonchev–Trinajstić information content (AvgIpc) is 3.16. The highest BCUT2D eigenvalue weighted by Crippen LogP contribution is 2.26. The first-order valence-corrected chi connectivity index (χ1v) is 7.64. The van der Waals surface area contributed by atoms with Crippen molar-refractivity contribution in [2.24, 2.45) is 0 Å². The van der Waals surface area contributed by atoms with Gasteiger partial charge >= 0.3 is 6.36 Å². The standard InChI is InChI=1S/C17H10F3N5O2/c18-17(19,20)27-12-3-1-11(2-4-12)25-9-13(10-7-23-24-8-10)14-15(16(25)26)22-6-5-21-14/h1-9H,(H,23,24). The van der Waals surface area contributed by atoms with Gasteiger partial charge in [0, 0.05) is 41.6 Å². The molecular formula is C17H10F3N5O2. The summed E-state index contributed by atoms with van der Waals surface area (Å²) >= 11 is 0. The summed E-state index contributed by atoms with van der Waals surface area (Å²) in [6.45, 7) is 0. The molecule has 7 nitrogen and oxygen atoms in total. The lowest BCUT2D eigenvalue weighted by Gasteiger charge is -2.12. The van der Waals surface area contributed by atoms with Crippen molar-refractivity contribution in [1.29, 1.82) is 0 Å². The number of halogens is 3. The molecule has 0 atom stereocenters. The van der Waals surface area contributed by atoms with Crippen LogP contribution in [0.15, 0.2) is 60.0 Å². The SMILES string of the molecule is O=c1c2nccnc2c(-c2cn[nH]c2)cn1-c1ccc(OC(F)(F)F)cc1. The van der Waals surface area contributed by atoms with Crippen LogP contribution in [0.1, 0.15) is 0 Å². The lowest BCUT2D eigenvalue weighted by molar-refractivity contribution is -0.274. The summed E-state index contributed by atoms with van der Waals surface area (Å²) in [5, 5.41) is 6.58. The van der Waals surface area contributed by atoms with Gasteiger partial charge in [0.15, 0.2) is 5.52 Å². The maximum atomic E-state index is 12.8. The minimum absolute atomic E-state index is 0.131. The molecule has 0 unspecified atom stereocenters. The van der Waals surface area contributed by atoms with Gasteiger partial charge in [-0.15, -0.1) is 13.2 Å². The third-order valence-electron chi connectivity index (χ3n) is 3.79. The summed E-state index contributed by atoms with van der Waals surface area (Å²) in [4.78, 5) is 21.1. The number of aromatic amines is 1. The Kier molecular flexibility index (Phi) is 3.87. The third-order valence-corrected chi connectivity index (χ3v) is 3.79. The Labute approximate surface area is 149 Å². The zero-order chi connectivity index (χ0) is 19.0. The molecule has 0 saturated heterocycles. The zero-order valence-electron chi connectivity index (χ0n) is 13.4. The molecule has 0 fully saturated rings. The molecule has 0 aliphatic carbocycles. The van der Waals surface area contributed by atoms with E-state index in [2.05, 4.69) is 24.9 Å². The topological polar surface area (TPSA) is 85.7 Å². The fraction of sp³-hybridized carbons (Fsp3) is 0.0588. The predicted octanol–water partition coefficient (Wildman–Crippen LogP) is 3.07. The van der Waals surface area contributed by atoms with Crippen molar-refractivity contribution in [2.45, 2.75) is 6.36 Å². The van der Waals surface area contributed by atoms with E-state index >= 15 is 0 Å². The summed E-state index contributed by atoms with van der Waals surface area (Å²) in [7, 11) is 0. The Hall–Kier alpha value is -3.69. The fourth-order valence-corrected chi connectivity index (χ4v) is 2.66. The van der Waals surface area contributed by atoms with Crippen molar-refractivity contribution >= 4 is 11.0 Å². The van der Waals surface area contributed by atoms with E-state index < -0.39 is 11.9 Å². The molecule has 27 heavy (non-hydrogen) atoms. The van der Waals surface area contributed by atoms with Gasteiger partial charge in [0.2, 0.25) is 0 Å². The van der Waals surface area contributed by atoms with E-state index in [0.29, 0.717) is 22.3 Å². The molecule has 0 aliphatic rings. The molecule has 136 valence electrons. The zero-order valence-corrected chi connectivity index (χ0v) is 13.4. The van der Waals surface area contributed by atoms with Crippen molar-refractivity contribution < 1.29 is 17.9 Å². The summed E-state index contributed by atoms with van der Waals surface area (Å²) in [5.74, 6) is -0.380. The summed E-state index contributed by atoms with van der Waals surface area (Å²) in [5.41, 5.74) is 1.72. The van der Waals surface area contributed by atoms with Crippen LogP contribution in [0.2, 0.25) is 0 Å². The highest BCUT2D eigenvalue weighted by molar-refractivity contribution is 5.90. The number of nitrogens with one attached hydrogen (secondary N) is 1. The van der Waals surface area contributed by atoms with Crippen molar-refractivity contribution in [3.63, 3.8) is 0 Å². The molecule has 0 saturated carbocycles. The largest absolute Gasteiger partial charge is 0.573 e. The maximum Gasteiger partial charge on any atom is 0.573 e. The number of alkyl halides is 3. The number of aromatic nitrogens is 5. The van der Waals surface area contributed by atoms with E-state index in [1.165, 1.54) is 29.1 Å². The molecule has 3 aromatic heterocycles. The number of pyridine rings is 1. The summed E-state index contributed by atoms with van der Waals surface area (Å²) in [6, 6.07) is 4.97. The highest BCUT2D eigenvalue weighted by Gasteiger charge is 2.31. The molecule has 10 heteroatoms. The first kappa shape index (κ1) is 16.8. The van der Waals surface area contributed by atoms with Crippen molar-refractivity contribution in [3.05, 3.63) is 65.6 Å². The molecule has 0 bridgehead atoms. The minimum Gasteiger partial charge on any atom is -0.406 e. The summed E-state index contributed by atoms with van der Waals surface area (Å²) < 4.78 is 42.1. The highest BCUT2D eigenvalue weighted by atomic mass is 19.4. The molecule has 0 spiro atoms. The van der Waals surface area contributed by atoms with Crippen LogP contribution in [0.4, 0.5) is 13.2 Å². The van der Waals surface area contributed by atoms with Crippen LogP contribution in [0.3, 0.4) is 0 Å². The van der Waals surface area contributed by atoms with E-state index in [4.69, 9.17) is 0 Å². The molecule has 0 amide bonds. The molecule has 4 rings (SSSR count). The van der Waals surface area contributed by atoms with Crippen LogP contribution in [0.25, 0.3) is 27.8 Å². The van der Waals surface area contributed by atoms with Crippen molar-refractivity contribution in [1.82, 2.24) is 24.7 Å². The van der Waals surface area contributed by atoms with E-state index in [0.717, 1.165) is 12.1 Å². The molecule has 0 aliphatic heterocycles. The Morgan fingerprint density at radius 3 is 2.37 bits per heavy atom. The number of H-pyrrole nitrogens is 1. The first-order chi connectivity index (χ1) is 12.9. The Balaban J connectivity index is 1.87. The van der Waals surface area contributed by atoms with Gasteiger partial charge in [-0.05, 0) is 24.3 Å². The number of rotatable bonds is 3. The Bertz CT molecular complexity index is 1150. The van der Waals surface area contributed by atoms with Crippen LogP contribution in [0.5, 0.6) is 5.75 Å². The molecule has 3 heterocycles. The second-order valence-corrected chi connectivity index (χ2v) is 5.50. The van der Waals surface area contributed by atoms with Gasteiger partial charge in [0.25, 0.3) is 5.56 Å². The van der Waals surface area contributed by atoms with E-state index in [1.807, 2.05) is 0 Å². The van der Waals surface area contributed by atoms with E-state index in [1.54, 1.807) is 18.6 Å². The van der Waals surface area contributed by atoms with Gasteiger partial charge in [0.05, 0.1) is 6.20 Å². The number of fused-ring (bicyclic) bond motifs is 1. The second-order valence-electron chi connectivity index (χ2n) is 5.50. The average molecular weight is 373 g/mol. The number of ether oxygens (including phenoxy) is 1. The van der Waals surface area contributed by atoms with Crippen LogP contribution in [0, 0.1) is 0 Å². The van der Waals surface area contributed by atoms with Crippen molar-refractivity contribution in [2.75, 3.05) is 0 Å². The van der Waals surface area contributed by atoms with Crippen LogP contribution < -0.4 is 10.3 Å². The Morgan fingerprint density at radius 1 is 1.04 bits per heavy atom. The molecule has 1 N–H and O–H groups in total. The van der Waals surface area contributed by atoms with Gasteiger partial charge in [-0.25, -0.2) is 4.98 Å². The number of benzene rings is 1. The number of nitrogens with zero attached hydrogens (tertiary/aromatic N) is 4. The first-order valence-electron chi connectivity index (χ1n) is 7.64. The lowest BCUT2D eigenvalue weighted by Crippen LogP contribution is -2.20. The number of hydrogen-bond donors (Lipinski definition) is 1. The fourth-order valence-electron chi connectivity index (χ4n) is 2.66. The van der Waals surface area contributed by atoms with E-state index in [9.17, 15) is 18.0 Å². The monoisotopic (exact) mass is 373 g/mol. The number of hydrogen-bond acceptors (Lipinski definition) is 5. The van der Waals surface area contributed by atoms with Gasteiger partial charge in [-0.1, -0.05) is 0 Å². The molecular weight excluding hydrogens is 363 g/mol. The quantitative estimate of drug-likeness (QED) is 0.597. The van der Waals surface area contributed by atoms with Crippen LogP contribution >= 0.6 is 0 Å². The van der Waals surface area contributed by atoms with Crippen molar-refractivity contribution in [3.8, 4) is 22.6 Å². The minimum atomic E-state index is -4.79. The Morgan fingerprint density at radius 2 is 1.74 bits per heavy atom. The molecule has 1 aromatic carbocycles. The van der Waals surface area contributed by atoms with E-state index in [-0.39, 0.29) is 11.3 Å². The van der Waals surface area contributed by atoms with Crippen LogP contribution in [-0.2, 0) is 0 Å². The van der Waals surface area contributed by atoms with Gasteiger partial charge in [-0.3, -0.25) is 19.4 Å². The molecule has 0 radical (unpaired) electrons. The smallest absolute Gasteiger partial charge is 0.406 e. The van der Waals surface area contributed by atoms with Gasteiger partial charge < -0.3 is 4.74 Å². The summed E-state index contributed by atoms with van der Waals surface area (Å²) in [6.07, 6.45) is 2.83. The van der Waals surface area contributed by atoms with Crippen LogP contribution in [-0.4, -0.2) is 31.1 Å². The maximum absolute atomic E-state index is 12.8. The lowest BCUT2D eigenvalue weighted by atomic mass is 10.1.